The van der Waals surface area contributed by atoms with Crippen molar-refractivity contribution < 1.29 is 4.74 Å². The Kier molecular flexibility index (Phi) is 2.99. The minimum absolute atomic E-state index is 0.320. The third-order valence-corrected chi connectivity index (χ3v) is 2.79. The zero-order valence-electron chi connectivity index (χ0n) is 8.86. The molecule has 2 rings (SSSR count). The van der Waals surface area contributed by atoms with Crippen LogP contribution < -0.4 is 5.32 Å². The molecule has 0 bridgehead atoms. The first-order valence-corrected chi connectivity index (χ1v) is 5.33. The van der Waals surface area contributed by atoms with Gasteiger partial charge in [-0.2, -0.15) is 0 Å². The van der Waals surface area contributed by atoms with Crippen molar-refractivity contribution in [2.45, 2.75) is 32.5 Å². The Bertz CT molecular complexity index is 260. The van der Waals surface area contributed by atoms with Gasteiger partial charge in [0.15, 0.2) is 0 Å². The summed E-state index contributed by atoms with van der Waals surface area (Å²) < 4.78 is 5.91. The number of nitrogens with one attached hydrogen (secondary N) is 1. The van der Waals surface area contributed by atoms with Crippen LogP contribution in [-0.2, 0) is 4.74 Å². The minimum atomic E-state index is 0.320. The fraction of sp³-hybridized carbons (Fsp3) is 0.727. The zero-order valence-corrected chi connectivity index (χ0v) is 8.86. The first-order chi connectivity index (χ1) is 6.75. The van der Waals surface area contributed by atoms with Gasteiger partial charge in [0.25, 0.3) is 0 Å². The molecule has 0 aliphatic carbocycles. The summed E-state index contributed by atoms with van der Waals surface area (Å²) in [6.45, 7) is 6.10. The fourth-order valence-corrected chi connectivity index (χ4v) is 2.07. The molecule has 78 valence electrons. The minimum Gasteiger partial charge on any atom is -0.372 e. The van der Waals surface area contributed by atoms with Crippen LogP contribution in [0.25, 0.3) is 0 Å². The normalized spacial score (nSPS) is 38.1. The van der Waals surface area contributed by atoms with Gasteiger partial charge in [-0.25, -0.2) is 0 Å². The van der Waals surface area contributed by atoms with E-state index < -0.39 is 0 Å². The summed E-state index contributed by atoms with van der Waals surface area (Å²) in [7, 11) is 0. The van der Waals surface area contributed by atoms with Crippen LogP contribution in [0, 0.1) is 5.92 Å². The first kappa shape index (κ1) is 9.87. The van der Waals surface area contributed by atoms with E-state index in [0.717, 1.165) is 25.2 Å². The summed E-state index contributed by atoms with van der Waals surface area (Å²) in [6.07, 6.45) is 5.89. The molecule has 3 atom stereocenters. The number of aliphatic imine (C=N–C) groups is 1. The highest BCUT2D eigenvalue weighted by molar-refractivity contribution is 5.61. The maximum Gasteiger partial charge on any atom is 0.0770 e. The van der Waals surface area contributed by atoms with Crippen LogP contribution in [0.2, 0.25) is 0 Å². The maximum atomic E-state index is 5.91. The average molecular weight is 194 g/mol. The summed E-state index contributed by atoms with van der Waals surface area (Å²) >= 11 is 0. The van der Waals surface area contributed by atoms with Gasteiger partial charge in [-0.3, -0.25) is 4.99 Å². The smallest absolute Gasteiger partial charge is 0.0770 e. The van der Waals surface area contributed by atoms with Crippen molar-refractivity contribution in [3.8, 4) is 0 Å². The van der Waals surface area contributed by atoms with Gasteiger partial charge in [-0.1, -0.05) is 6.08 Å². The van der Waals surface area contributed by atoms with E-state index in [9.17, 15) is 0 Å². The second-order valence-electron chi connectivity index (χ2n) is 4.16. The zero-order chi connectivity index (χ0) is 9.97. The number of rotatable bonds is 1. The molecule has 3 nitrogen and oxygen atoms in total. The largest absolute Gasteiger partial charge is 0.372 e. The van der Waals surface area contributed by atoms with Gasteiger partial charge >= 0.3 is 0 Å². The van der Waals surface area contributed by atoms with Crippen molar-refractivity contribution in [1.29, 1.82) is 0 Å². The second kappa shape index (κ2) is 4.24. The Labute approximate surface area is 85.2 Å². The monoisotopic (exact) mass is 194 g/mol. The molecule has 2 aliphatic heterocycles. The number of hydrogen-bond donors (Lipinski definition) is 1. The van der Waals surface area contributed by atoms with Crippen LogP contribution in [0.15, 0.2) is 16.8 Å². The van der Waals surface area contributed by atoms with E-state index in [1.807, 2.05) is 13.1 Å². The lowest BCUT2D eigenvalue weighted by Gasteiger charge is -2.33. The number of hydrogen-bond acceptors (Lipinski definition) is 3. The Hall–Kier alpha value is -0.670. The van der Waals surface area contributed by atoms with Crippen molar-refractivity contribution in [2.75, 3.05) is 13.1 Å². The summed E-state index contributed by atoms with van der Waals surface area (Å²) in [5.41, 5.74) is 1.11. The van der Waals surface area contributed by atoms with Gasteiger partial charge in [0.2, 0.25) is 0 Å². The van der Waals surface area contributed by atoms with Crippen LogP contribution in [0.4, 0.5) is 0 Å². The Morgan fingerprint density at radius 2 is 2.36 bits per heavy atom. The molecular formula is C11H18N2O. The van der Waals surface area contributed by atoms with E-state index in [2.05, 4.69) is 23.3 Å². The number of morpholine rings is 1. The molecule has 0 spiro atoms. The average Bonchev–Trinajstić information content (AvgIpc) is 2.18. The van der Waals surface area contributed by atoms with Crippen LogP contribution in [0.5, 0.6) is 0 Å². The molecule has 0 amide bonds. The standard InChI is InChI=1S/C11H18N2O/c1-8-5-10(3-4-13-8)11-7-12-6-9(2)14-11/h4-5,9-12H,3,6-7H2,1-2H3/t9-,10?,11-/m1/s1. The van der Waals surface area contributed by atoms with Gasteiger partial charge in [-0.15, -0.1) is 0 Å². The molecule has 0 aromatic heterocycles. The summed E-state index contributed by atoms with van der Waals surface area (Å²) in [5, 5.41) is 3.40. The van der Waals surface area contributed by atoms with Crippen LogP contribution in [0.1, 0.15) is 20.3 Å². The van der Waals surface area contributed by atoms with Crippen molar-refractivity contribution in [1.82, 2.24) is 5.32 Å². The fourth-order valence-electron chi connectivity index (χ4n) is 2.07. The van der Waals surface area contributed by atoms with E-state index in [0.29, 0.717) is 18.1 Å². The van der Waals surface area contributed by atoms with Gasteiger partial charge < -0.3 is 10.1 Å². The number of ether oxygens (including phenoxy) is 1. The molecule has 0 aromatic rings. The Morgan fingerprint density at radius 3 is 3.07 bits per heavy atom. The molecular weight excluding hydrogens is 176 g/mol. The highest BCUT2D eigenvalue weighted by Gasteiger charge is 2.26. The molecule has 1 N–H and O–H groups in total. The highest BCUT2D eigenvalue weighted by Crippen LogP contribution is 2.21. The molecule has 1 saturated heterocycles. The van der Waals surface area contributed by atoms with Crippen LogP contribution in [-0.4, -0.2) is 31.5 Å². The van der Waals surface area contributed by atoms with Gasteiger partial charge in [0.1, 0.15) is 0 Å². The molecule has 0 aromatic carbocycles. The van der Waals surface area contributed by atoms with Crippen molar-refractivity contribution in [3.05, 3.63) is 11.8 Å². The van der Waals surface area contributed by atoms with Crippen molar-refractivity contribution in [3.63, 3.8) is 0 Å². The quantitative estimate of drug-likeness (QED) is 0.683. The van der Waals surface area contributed by atoms with E-state index in [-0.39, 0.29) is 0 Å². The molecule has 1 fully saturated rings. The molecule has 0 radical (unpaired) electrons. The lowest BCUT2D eigenvalue weighted by atomic mass is 9.95. The molecule has 3 heteroatoms. The summed E-state index contributed by atoms with van der Waals surface area (Å²) in [4.78, 5) is 4.25. The van der Waals surface area contributed by atoms with E-state index in [1.165, 1.54) is 0 Å². The SMILES string of the molecule is CC1=CC([C@H]2CNC[C@@H](C)O2)CC=N1. The lowest BCUT2D eigenvalue weighted by Crippen LogP contribution is -2.46. The number of allylic oxidation sites excluding steroid dienone is 1. The van der Waals surface area contributed by atoms with Crippen molar-refractivity contribution in [2.24, 2.45) is 10.9 Å². The number of nitrogens with zero attached hydrogens (tertiary/aromatic N) is 1. The maximum absolute atomic E-state index is 5.91. The van der Waals surface area contributed by atoms with E-state index >= 15 is 0 Å². The van der Waals surface area contributed by atoms with Gasteiger partial charge in [0.05, 0.1) is 12.2 Å². The summed E-state index contributed by atoms with van der Waals surface area (Å²) in [6, 6.07) is 0. The predicted molar refractivity (Wildman–Crippen MR) is 57.6 cm³/mol. The van der Waals surface area contributed by atoms with Crippen molar-refractivity contribution >= 4 is 6.21 Å². The van der Waals surface area contributed by atoms with E-state index in [1.54, 1.807) is 0 Å². The first-order valence-electron chi connectivity index (χ1n) is 5.33. The molecule has 0 saturated carbocycles. The topological polar surface area (TPSA) is 33.6 Å². The van der Waals surface area contributed by atoms with Crippen LogP contribution in [0.3, 0.4) is 0 Å². The van der Waals surface area contributed by atoms with E-state index in [4.69, 9.17) is 4.74 Å². The summed E-state index contributed by atoms with van der Waals surface area (Å²) in [5.74, 6) is 0.503. The molecule has 1 unspecified atom stereocenters. The third-order valence-electron chi connectivity index (χ3n) is 2.79. The van der Waals surface area contributed by atoms with Gasteiger partial charge in [-0.05, 0) is 20.3 Å². The highest BCUT2D eigenvalue weighted by atomic mass is 16.5. The Morgan fingerprint density at radius 1 is 1.50 bits per heavy atom. The Balaban J connectivity index is 1.97. The van der Waals surface area contributed by atoms with Gasteiger partial charge in [0, 0.05) is 30.9 Å². The predicted octanol–water partition coefficient (Wildman–Crippen LogP) is 1.36. The van der Waals surface area contributed by atoms with Crippen LogP contribution >= 0.6 is 0 Å². The molecule has 14 heavy (non-hydrogen) atoms. The second-order valence-corrected chi connectivity index (χ2v) is 4.16. The third kappa shape index (κ3) is 2.22. The lowest BCUT2D eigenvalue weighted by molar-refractivity contribution is -0.0461. The molecule has 2 heterocycles. The molecule has 2 aliphatic rings.